The molecule has 0 bridgehead atoms. The van der Waals surface area contributed by atoms with Crippen molar-refractivity contribution in [3.8, 4) is 16.9 Å². The molecule has 6 rings (SSSR count). The van der Waals surface area contributed by atoms with Crippen LogP contribution in [0.25, 0.3) is 11.1 Å². The molecule has 40 heavy (non-hydrogen) atoms. The molecule has 3 aliphatic rings. The van der Waals surface area contributed by atoms with E-state index >= 15 is 0 Å². The number of carbonyl (C=O) groups is 1. The molecule has 2 aromatic carbocycles. The zero-order chi connectivity index (χ0) is 28.2. The number of nitrogens with zero attached hydrogens (tertiary/aromatic N) is 2. The van der Waals surface area contributed by atoms with Gasteiger partial charge >= 0.3 is 5.97 Å². The molecule has 1 saturated heterocycles. The fourth-order valence-electron chi connectivity index (χ4n) is 6.34. The topological polar surface area (TPSA) is 109 Å². The van der Waals surface area contributed by atoms with Crippen LogP contribution in [-0.2, 0) is 27.8 Å². The molecule has 1 saturated carbocycles. The van der Waals surface area contributed by atoms with Crippen LogP contribution in [0.4, 0.5) is 10.2 Å². The number of aliphatic carboxylic acids is 1. The summed E-state index contributed by atoms with van der Waals surface area (Å²) in [6, 6.07) is 14.7. The zero-order valence-electron chi connectivity index (χ0n) is 22.4. The van der Waals surface area contributed by atoms with Crippen LogP contribution >= 0.6 is 0 Å². The summed E-state index contributed by atoms with van der Waals surface area (Å²) >= 11 is 0. The number of benzene rings is 2. The van der Waals surface area contributed by atoms with Crippen LogP contribution < -0.4 is 14.4 Å². The van der Waals surface area contributed by atoms with E-state index in [0.29, 0.717) is 17.9 Å². The Kier molecular flexibility index (Phi) is 6.78. The number of ether oxygens (including phenoxy) is 1. The Bertz CT molecular complexity index is 1590. The van der Waals surface area contributed by atoms with Gasteiger partial charge in [0.25, 0.3) is 0 Å². The maximum atomic E-state index is 14.7. The van der Waals surface area contributed by atoms with Gasteiger partial charge in [0.1, 0.15) is 24.0 Å². The molecule has 2 aliphatic carbocycles. The smallest absolute Gasteiger partial charge is 0.307 e. The fourth-order valence-corrected chi connectivity index (χ4v) is 6.87. The number of sulfonamides is 1. The van der Waals surface area contributed by atoms with E-state index in [-0.39, 0.29) is 36.1 Å². The third-order valence-corrected chi connectivity index (χ3v) is 9.14. The number of anilines is 1. The van der Waals surface area contributed by atoms with E-state index < -0.39 is 16.0 Å². The van der Waals surface area contributed by atoms with Gasteiger partial charge in [-0.1, -0.05) is 12.1 Å². The van der Waals surface area contributed by atoms with E-state index in [1.54, 1.807) is 12.1 Å². The average Bonchev–Trinajstić information content (AvgIpc) is 3.23. The molecule has 8 nitrogen and oxygen atoms in total. The predicted octanol–water partition coefficient (Wildman–Crippen LogP) is 4.12. The van der Waals surface area contributed by atoms with Crippen LogP contribution in [0.15, 0.2) is 48.5 Å². The largest absolute Gasteiger partial charge is 0.489 e. The summed E-state index contributed by atoms with van der Waals surface area (Å²) in [7, 11) is -3.21. The van der Waals surface area contributed by atoms with Crippen molar-refractivity contribution >= 4 is 21.8 Å². The third-order valence-electron chi connectivity index (χ3n) is 8.45. The molecule has 0 spiro atoms. The maximum absolute atomic E-state index is 14.7. The standard InChI is InChI=1S/C30H32FN3O5S/c1-17-23(6-8-27(33-17)34-10-9-18(15-34)14-32-40(2,37)38)19-3-7-26(31)21(11-19)16-39-22-4-5-24-20(12-22)13-25-28(24)29(25)30(35)36/h3-8,11-12,18,25,28-29,32H,9-10,13-16H2,1-2H3,(H,35,36)/t18?,25-,28+,29+/m1/s1. The highest BCUT2D eigenvalue weighted by atomic mass is 32.2. The summed E-state index contributed by atoms with van der Waals surface area (Å²) in [5.41, 5.74) is 5.24. The molecule has 2 fully saturated rings. The van der Waals surface area contributed by atoms with E-state index in [0.717, 1.165) is 59.7 Å². The molecule has 2 N–H and O–H groups in total. The lowest BCUT2D eigenvalue weighted by Crippen LogP contribution is -2.30. The van der Waals surface area contributed by atoms with Gasteiger partial charge in [0.2, 0.25) is 10.0 Å². The third kappa shape index (κ3) is 5.30. The number of rotatable bonds is 9. The van der Waals surface area contributed by atoms with Gasteiger partial charge in [-0.05, 0) is 84.7 Å². The van der Waals surface area contributed by atoms with Crippen LogP contribution in [0.2, 0.25) is 0 Å². The molecular weight excluding hydrogens is 533 g/mol. The predicted molar refractivity (Wildman–Crippen MR) is 149 cm³/mol. The zero-order valence-corrected chi connectivity index (χ0v) is 23.2. The number of carboxylic acids is 1. The molecule has 1 aromatic heterocycles. The average molecular weight is 566 g/mol. The molecule has 1 unspecified atom stereocenters. The van der Waals surface area contributed by atoms with Crippen molar-refractivity contribution in [2.75, 3.05) is 30.8 Å². The van der Waals surface area contributed by atoms with Crippen molar-refractivity contribution in [2.45, 2.75) is 32.3 Å². The molecule has 2 heterocycles. The summed E-state index contributed by atoms with van der Waals surface area (Å²) in [4.78, 5) is 18.3. The van der Waals surface area contributed by atoms with Gasteiger partial charge in [-0.2, -0.15) is 0 Å². The van der Waals surface area contributed by atoms with Gasteiger partial charge in [0.15, 0.2) is 0 Å². The van der Waals surface area contributed by atoms with Gasteiger partial charge < -0.3 is 14.7 Å². The van der Waals surface area contributed by atoms with Crippen LogP contribution in [0.5, 0.6) is 5.75 Å². The quantitative estimate of drug-likeness (QED) is 0.402. The highest BCUT2D eigenvalue weighted by Crippen LogP contribution is 2.61. The maximum Gasteiger partial charge on any atom is 0.307 e. The lowest BCUT2D eigenvalue weighted by Gasteiger charge is -2.19. The molecule has 4 atom stereocenters. The number of carboxylic acid groups (broad SMARTS) is 1. The van der Waals surface area contributed by atoms with Gasteiger partial charge in [0.05, 0.1) is 12.2 Å². The molecule has 0 radical (unpaired) electrons. The van der Waals surface area contributed by atoms with Crippen LogP contribution in [0, 0.1) is 30.5 Å². The highest BCUT2D eigenvalue weighted by Gasteiger charge is 2.59. The summed E-state index contributed by atoms with van der Waals surface area (Å²) in [5.74, 6) is 0.691. The van der Waals surface area contributed by atoms with Crippen molar-refractivity contribution in [1.29, 1.82) is 0 Å². The van der Waals surface area contributed by atoms with Crippen LogP contribution in [0.1, 0.15) is 34.7 Å². The number of nitrogens with one attached hydrogen (secondary N) is 1. The second kappa shape index (κ2) is 10.2. The molecular formula is C30H32FN3O5S. The number of hydrogen-bond acceptors (Lipinski definition) is 6. The Morgan fingerprint density at radius 1 is 1.20 bits per heavy atom. The molecule has 210 valence electrons. The first-order valence-corrected chi connectivity index (χ1v) is 15.4. The Hall–Kier alpha value is -3.50. The molecule has 10 heteroatoms. The molecule has 0 amide bonds. The molecule has 3 aromatic rings. The monoisotopic (exact) mass is 565 g/mol. The summed E-state index contributed by atoms with van der Waals surface area (Å²) in [6.07, 6.45) is 2.81. The first kappa shape index (κ1) is 26.7. The van der Waals surface area contributed by atoms with E-state index in [1.807, 2.05) is 37.3 Å². The second-order valence-corrected chi connectivity index (χ2v) is 13.1. The minimum atomic E-state index is -3.21. The van der Waals surface area contributed by atoms with E-state index in [4.69, 9.17) is 9.72 Å². The normalized spacial score (nSPS) is 23.1. The number of hydrogen-bond donors (Lipinski definition) is 2. The van der Waals surface area contributed by atoms with E-state index in [9.17, 15) is 22.7 Å². The highest BCUT2D eigenvalue weighted by molar-refractivity contribution is 7.88. The summed E-state index contributed by atoms with van der Waals surface area (Å²) in [5, 5.41) is 9.33. The van der Waals surface area contributed by atoms with Crippen LogP contribution in [0.3, 0.4) is 0 Å². The lowest BCUT2D eigenvalue weighted by molar-refractivity contribution is -0.139. The van der Waals surface area contributed by atoms with Gasteiger partial charge in [-0.3, -0.25) is 4.79 Å². The van der Waals surface area contributed by atoms with Crippen LogP contribution in [-0.4, -0.2) is 50.4 Å². The summed E-state index contributed by atoms with van der Waals surface area (Å²) in [6.45, 7) is 3.97. The van der Waals surface area contributed by atoms with Gasteiger partial charge in [-0.15, -0.1) is 0 Å². The number of halogens is 1. The first-order valence-electron chi connectivity index (χ1n) is 13.5. The Balaban J connectivity index is 1.11. The number of fused-ring (bicyclic) bond motifs is 3. The minimum absolute atomic E-state index is 0.0737. The fraction of sp³-hybridized carbons (Fsp3) is 0.400. The molecule has 1 aliphatic heterocycles. The number of aryl methyl sites for hydroxylation is 1. The Morgan fingerprint density at radius 3 is 2.77 bits per heavy atom. The van der Waals surface area contributed by atoms with Crippen molar-refractivity contribution < 1.29 is 27.4 Å². The van der Waals surface area contributed by atoms with E-state index in [1.165, 1.54) is 12.3 Å². The Morgan fingerprint density at radius 2 is 2.02 bits per heavy atom. The number of pyridine rings is 1. The summed E-state index contributed by atoms with van der Waals surface area (Å²) < 4.78 is 46.1. The van der Waals surface area contributed by atoms with E-state index in [2.05, 4.69) is 9.62 Å². The van der Waals surface area contributed by atoms with Crippen molar-refractivity contribution in [1.82, 2.24) is 9.71 Å². The second-order valence-electron chi connectivity index (χ2n) is 11.2. The SMILES string of the molecule is Cc1nc(N2CCC(CNS(C)(=O)=O)C2)ccc1-c1ccc(F)c(COc2ccc3c(c2)C[C@H]2[C@H](C(=O)O)[C@@H]32)c1. The van der Waals surface area contributed by atoms with Crippen molar-refractivity contribution in [3.05, 3.63) is 76.7 Å². The number of aromatic nitrogens is 1. The Labute approximate surface area is 233 Å². The van der Waals surface area contributed by atoms with Gasteiger partial charge in [-0.25, -0.2) is 22.5 Å². The van der Waals surface area contributed by atoms with Crippen molar-refractivity contribution in [3.63, 3.8) is 0 Å². The lowest BCUT2D eigenvalue weighted by atomic mass is 10.0. The first-order chi connectivity index (χ1) is 19.1. The minimum Gasteiger partial charge on any atom is -0.489 e. The van der Waals surface area contributed by atoms with Gasteiger partial charge in [0, 0.05) is 42.4 Å². The van der Waals surface area contributed by atoms with Crippen molar-refractivity contribution in [2.24, 2.45) is 17.8 Å².